The predicted octanol–water partition coefficient (Wildman–Crippen LogP) is 3.83. The monoisotopic (exact) mass is 285 g/mol. The maximum absolute atomic E-state index is 13.7. The number of aliphatic hydroxyl groups excluding tert-OH is 1. The van der Waals surface area contributed by atoms with Crippen molar-refractivity contribution in [2.75, 3.05) is 0 Å². The number of aliphatic hydroxyl groups is 1. The highest BCUT2D eigenvalue weighted by Gasteiger charge is 2.17. The van der Waals surface area contributed by atoms with E-state index in [4.69, 9.17) is 11.6 Å². The smallest absolute Gasteiger partial charge is 0.147 e. The van der Waals surface area contributed by atoms with Crippen molar-refractivity contribution < 1.29 is 9.50 Å². The van der Waals surface area contributed by atoms with Gasteiger partial charge in [0.2, 0.25) is 0 Å². The zero-order valence-electron chi connectivity index (χ0n) is 10.1. The molecule has 0 saturated carbocycles. The van der Waals surface area contributed by atoms with Crippen LogP contribution in [0, 0.1) is 19.7 Å². The van der Waals surface area contributed by atoms with Crippen LogP contribution in [0.5, 0.6) is 0 Å². The second kappa shape index (κ2) is 5.34. The molecule has 0 radical (unpaired) electrons. The molecule has 1 aromatic heterocycles. The molecular weight excluding hydrogens is 273 g/mol. The van der Waals surface area contributed by atoms with Crippen molar-refractivity contribution in [3.05, 3.63) is 50.2 Å². The first-order valence-corrected chi connectivity index (χ1v) is 6.73. The average Bonchev–Trinajstić information content (AvgIpc) is 2.61. The Bertz CT molecular complexity index is 551. The number of rotatable bonds is 3. The van der Waals surface area contributed by atoms with Crippen molar-refractivity contribution in [1.29, 1.82) is 0 Å². The van der Waals surface area contributed by atoms with Crippen molar-refractivity contribution in [2.24, 2.45) is 0 Å². The van der Waals surface area contributed by atoms with Gasteiger partial charge < -0.3 is 5.11 Å². The van der Waals surface area contributed by atoms with E-state index in [1.807, 2.05) is 13.8 Å². The lowest BCUT2D eigenvalue weighted by molar-refractivity contribution is 0.173. The molecule has 0 bridgehead atoms. The average molecular weight is 286 g/mol. The van der Waals surface area contributed by atoms with Crippen molar-refractivity contribution in [3.63, 3.8) is 0 Å². The molecule has 2 nitrogen and oxygen atoms in total. The van der Waals surface area contributed by atoms with Gasteiger partial charge in [-0.05, 0) is 19.9 Å². The van der Waals surface area contributed by atoms with Gasteiger partial charge >= 0.3 is 0 Å². The van der Waals surface area contributed by atoms with Crippen LogP contribution in [-0.2, 0) is 6.42 Å². The molecule has 0 saturated heterocycles. The zero-order chi connectivity index (χ0) is 13.3. The molecule has 0 aliphatic heterocycles. The van der Waals surface area contributed by atoms with Gasteiger partial charge in [0.1, 0.15) is 5.82 Å². The van der Waals surface area contributed by atoms with E-state index in [2.05, 4.69) is 4.98 Å². The van der Waals surface area contributed by atoms with Gasteiger partial charge in [-0.2, -0.15) is 0 Å². The lowest BCUT2D eigenvalue weighted by Crippen LogP contribution is -2.04. The summed E-state index contributed by atoms with van der Waals surface area (Å²) in [5, 5.41) is 10.9. The maximum atomic E-state index is 13.7. The van der Waals surface area contributed by atoms with E-state index in [9.17, 15) is 9.50 Å². The second-order valence-corrected chi connectivity index (χ2v) is 5.81. The highest BCUT2D eigenvalue weighted by molar-refractivity contribution is 7.11. The summed E-state index contributed by atoms with van der Waals surface area (Å²) in [5.74, 6) is -0.559. The number of hydrogen-bond acceptors (Lipinski definition) is 3. The first kappa shape index (κ1) is 13.5. The van der Waals surface area contributed by atoms with Crippen LogP contribution in [-0.4, -0.2) is 10.1 Å². The number of nitrogens with zero attached hydrogens (tertiary/aromatic N) is 1. The van der Waals surface area contributed by atoms with E-state index in [1.54, 1.807) is 12.1 Å². The fraction of sp³-hybridized carbons (Fsp3) is 0.308. The van der Waals surface area contributed by atoms with Crippen molar-refractivity contribution >= 4 is 22.9 Å². The highest BCUT2D eigenvalue weighted by atomic mass is 35.5. The van der Waals surface area contributed by atoms with Gasteiger partial charge in [0.15, 0.2) is 0 Å². The molecule has 1 heterocycles. The highest BCUT2D eigenvalue weighted by Crippen LogP contribution is 2.27. The normalized spacial score (nSPS) is 12.7. The maximum Gasteiger partial charge on any atom is 0.147 e. The minimum Gasteiger partial charge on any atom is -0.388 e. The minimum absolute atomic E-state index is 0.0260. The molecule has 1 unspecified atom stereocenters. The number of hydrogen-bond donors (Lipinski definition) is 1. The Morgan fingerprint density at radius 2 is 2.17 bits per heavy atom. The summed E-state index contributed by atoms with van der Waals surface area (Å²) in [6.45, 7) is 3.89. The fourth-order valence-corrected chi connectivity index (χ4v) is 2.83. The number of benzene rings is 1. The summed E-state index contributed by atoms with van der Waals surface area (Å²) >= 11 is 7.21. The van der Waals surface area contributed by atoms with Crippen molar-refractivity contribution in [1.82, 2.24) is 4.98 Å². The third-order valence-electron chi connectivity index (χ3n) is 2.78. The van der Waals surface area contributed by atoms with Crippen LogP contribution in [0.25, 0.3) is 0 Å². The summed E-state index contributed by atoms with van der Waals surface area (Å²) in [7, 11) is 0. The molecule has 0 aliphatic rings. The van der Waals surface area contributed by atoms with Crippen molar-refractivity contribution in [2.45, 2.75) is 26.4 Å². The van der Waals surface area contributed by atoms with E-state index < -0.39 is 11.9 Å². The Labute approximate surface area is 114 Å². The van der Waals surface area contributed by atoms with Crippen LogP contribution < -0.4 is 0 Å². The topological polar surface area (TPSA) is 33.1 Å². The van der Waals surface area contributed by atoms with Crippen LogP contribution in [0.4, 0.5) is 4.39 Å². The summed E-state index contributed by atoms with van der Waals surface area (Å²) < 4.78 is 13.7. The van der Waals surface area contributed by atoms with E-state index >= 15 is 0 Å². The number of aromatic nitrogens is 1. The molecule has 2 rings (SSSR count). The molecule has 0 fully saturated rings. The third-order valence-corrected chi connectivity index (χ3v) is 4.17. The Kier molecular flexibility index (Phi) is 4.00. The molecule has 1 aromatic carbocycles. The Balaban J connectivity index is 2.21. The first-order valence-electron chi connectivity index (χ1n) is 5.54. The van der Waals surface area contributed by atoms with Gasteiger partial charge in [-0.3, -0.25) is 0 Å². The minimum atomic E-state index is -0.923. The van der Waals surface area contributed by atoms with Crippen LogP contribution in [0.3, 0.4) is 0 Å². The molecule has 0 aliphatic carbocycles. The van der Waals surface area contributed by atoms with E-state index in [1.165, 1.54) is 17.4 Å². The molecule has 2 aromatic rings. The van der Waals surface area contributed by atoms with Gasteiger partial charge in [-0.1, -0.05) is 23.7 Å². The molecule has 0 spiro atoms. The molecular formula is C13H13ClFNOS. The lowest BCUT2D eigenvalue weighted by atomic mass is 10.1. The largest absolute Gasteiger partial charge is 0.388 e. The Morgan fingerprint density at radius 1 is 1.44 bits per heavy atom. The third kappa shape index (κ3) is 2.71. The molecule has 1 atom stereocenters. The number of thiazole rings is 1. The molecule has 1 N–H and O–H groups in total. The van der Waals surface area contributed by atoms with Gasteiger partial charge in [0, 0.05) is 16.9 Å². The zero-order valence-corrected chi connectivity index (χ0v) is 11.6. The van der Waals surface area contributed by atoms with Gasteiger partial charge in [0.05, 0.1) is 21.8 Å². The summed E-state index contributed by atoms with van der Waals surface area (Å²) in [6.07, 6.45) is -0.620. The predicted molar refractivity (Wildman–Crippen MR) is 71.7 cm³/mol. The van der Waals surface area contributed by atoms with Crippen molar-refractivity contribution in [3.8, 4) is 0 Å². The number of aryl methyl sites for hydroxylation is 2. The van der Waals surface area contributed by atoms with E-state index in [-0.39, 0.29) is 10.6 Å². The summed E-state index contributed by atoms with van der Waals surface area (Å²) in [6, 6.07) is 4.63. The SMILES string of the molecule is Cc1nc(CC(O)c2cccc(Cl)c2F)sc1C. The second-order valence-electron chi connectivity index (χ2n) is 4.11. The van der Waals surface area contributed by atoms with Crippen LogP contribution in [0.1, 0.15) is 27.2 Å². The van der Waals surface area contributed by atoms with Gasteiger partial charge in [0.25, 0.3) is 0 Å². The van der Waals surface area contributed by atoms with Gasteiger partial charge in [-0.25, -0.2) is 9.37 Å². The first-order chi connectivity index (χ1) is 8.49. The Hall–Kier alpha value is -0.970. The number of halogens is 2. The lowest BCUT2D eigenvalue weighted by Gasteiger charge is -2.10. The fourth-order valence-electron chi connectivity index (χ4n) is 1.68. The van der Waals surface area contributed by atoms with Crippen LogP contribution in [0.2, 0.25) is 5.02 Å². The van der Waals surface area contributed by atoms with E-state index in [0.717, 1.165) is 15.6 Å². The summed E-state index contributed by atoms with van der Waals surface area (Å²) in [4.78, 5) is 5.45. The Morgan fingerprint density at radius 3 is 2.78 bits per heavy atom. The molecule has 96 valence electrons. The van der Waals surface area contributed by atoms with Crippen LogP contribution in [0.15, 0.2) is 18.2 Å². The molecule has 5 heteroatoms. The van der Waals surface area contributed by atoms with Crippen LogP contribution >= 0.6 is 22.9 Å². The standard InChI is InChI=1S/C13H13ClFNOS/c1-7-8(2)18-12(16-7)6-11(17)9-4-3-5-10(14)13(9)15/h3-5,11,17H,6H2,1-2H3. The quantitative estimate of drug-likeness (QED) is 0.930. The summed E-state index contributed by atoms with van der Waals surface area (Å²) in [5.41, 5.74) is 1.17. The molecule has 18 heavy (non-hydrogen) atoms. The van der Waals surface area contributed by atoms with Gasteiger partial charge in [-0.15, -0.1) is 11.3 Å². The molecule has 0 amide bonds. The van der Waals surface area contributed by atoms with E-state index in [0.29, 0.717) is 6.42 Å².